The Hall–Kier alpha value is -1.83. The first-order valence-electron chi connectivity index (χ1n) is 5.54. The zero-order valence-electron chi connectivity index (χ0n) is 10.1. The third-order valence-electron chi connectivity index (χ3n) is 1.94. The summed E-state index contributed by atoms with van der Waals surface area (Å²) >= 11 is 0. The van der Waals surface area contributed by atoms with Crippen LogP contribution in [0.3, 0.4) is 0 Å². The molecule has 0 aromatic rings. The highest BCUT2D eigenvalue weighted by Gasteiger charge is 2.22. The molecule has 0 aliphatic heterocycles. The summed E-state index contributed by atoms with van der Waals surface area (Å²) < 4.78 is 5.04. The Labute approximate surface area is 104 Å². The lowest BCUT2D eigenvalue weighted by atomic mass is 10.2. The van der Waals surface area contributed by atoms with E-state index >= 15 is 0 Å². The molecule has 0 saturated heterocycles. The molecule has 1 atom stereocenters. The topological polar surface area (TPSA) is 125 Å². The minimum atomic E-state index is -1.44. The average molecular weight is 262 g/mol. The second-order valence-corrected chi connectivity index (χ2v) is 3.44. The van der Waals surface area contributed by atoms with E-state index in [1.807, 2.05) is 6.92 Å². The van der Waals surface area contributed by atoms with Gasteiger partial charge in [0, 0.05) is 19.8 Å². The van der Waals surface area contributed by atoms with E-state index in [1.165, 1.54) is 0 Å². The van der Waals surface area contributed by atoms with E-state index in [2.05, 4.69) is 10.6 Å². The van der Waals surface area contributed by atoms with Crippen molar-refractivity contribution in [2.75, 3.05) is 19.8 Å². The summed E-state index contributed by atoms with van der Waals surface area (Å²) in [4.78, 5) is 32.3. The predicted molar refractivity (Wildman–Crippen MR) is 61.3 cm³/mol. The summed E-state index contributed by atoms with van der Waals surface area (Å²) in [5, 5.41) is 21.6. The van der Waals surface area contributed by atoms with Crippen LogP contribution < -0.4 is 10.6 Å². The number of amides is 2. The Morgan fingerprint density at radius 2 is 1.94 bits per heavy atom. The van der Waals surface area contributed by atoms with E-state index in [4.69, 9.17) is 14.9 Å². The van der Waals surface area contributed by atoms with Crippen LogP contribution in [0.2, 0.25) is 0 Å². The van der Waals surface area contributed by atoms with Gasteiger partial charge in [0.15, 0.2) is 0 Å². The zero-order valence-corrected chi connectivity index (χ0v) is 10.1. The molecule has 0 radical (unpaired) electrons. The molecule has 8 nitrogen and oxygen atoms in total. The summed E-state index contributed by atoms with van der Waals surface area (Å²) in [5.74, 6) is -2.68. The predicted octanol–water partition coefficient (Wildman–Crippen LogP) is -0.360. The first-order valence-corrected chi connectivity index (χ1v) is 5.54. The van der Waals surface area contributed by atoms with E-state index in [9.17, 15) is 14.4 Å². The van der Waals surface area contributed by atoms with Crippen LogP contribution in [0.4, 0.5) is 4.79 Å². The fourth-order valence-corrected chi connectivity index (χ4v) is 1.10. The highest BCUT2D eigenvalue weighted by atomic mass is 16.5. The standard InChI is InChI=1S/C10H18N2O6/c1-2-18-5-3-4-11-10(17)12-7(9(15)16)6-8(13)14/h7H,2-6H2,1H3,(H,13,14)(H,15,16)(H2,11,12,17)/t7-/m1/s1. The molecule has 8 heteroatoms. The lowest BCUT2D eigenvalue weighted by molar-refractivity contribution is -0.145. The molecule has 2 amide bonds. The van der Waals surface area contributed by atoms with Crippen molar-refractivity contribution in [2.45, 2.75) is 25.8 Å². The molecule has 0 aliphatic carbocycles. The van der Waals surface area contributed by atoms with Gasteiger partial charge in [0.1, 0.15) is 6.04 Å². The Balaban J connectivity index is 3.88. The molecule has 0 heterocycles. The maximum Gasteiger partial charge on any atom is 0.326 e. The van der Waals surface area contributed by atoms with Gasteiger partial charge in [0.25, 0.3) is 0 Å². The molecule has 0 saturated carbocycles. The molecule has 4 N–H and O–H groups in total. The number of nitrogens with one attached hydrogen (secondary N) is 2. The van der Waals surface area contributed by atoms with Gasteiger partial charge in [-0.3, -0.25) is 4.79 Å². The number of carbonyl (C=O) groups excluding carboxylic acids is 1. The van der Waals surface area contributed by atoms with Crippen LogP contribution in [-0.4, -0.2) is 54.0 Å². The first kappa shape index (κ1) is 16.2. The average Bonchev–Trinajstić information content (AvgIpc) is 2.27. The Kier molecular flexibility index (Phi) is 8.29. The van der Waals surface area contributed by atoms with Crippen molar-refractivity contribution in [2.24, 2.45) is 0 Å². The van der Waals surface area contributed by atoms with E-state index in [1.54, 1.807) is 0 Å². The fraction of sp³-hybridized carbons (Fsp3) is 0.700. The highest BCUT2D eigenvalue weighted by Crippen LogP contribution is 1.92. The minimum Gasteiger partial charge on any atom is -0.481 e. The largest absolute Gasteiger partial charge is 0.481 e. The number of carboxylic acids is 2. The number of hydrogen-bond acceptors (Lipinski definition) is 4. The van der Waals surface area contributed by atoms with Crippen molar-refractivity contribution in [3.05, 3.63) is 0 Å². The summed E-state index contributed by atoms with van der Waals surface area (Å²) in [6, 6.07) is -2.14. The molecule has 0 fully saturated rings. The molecule has 0 rings (SSSR count). The van der Waals surface area contributed by atoms with Crippen LogP contribution in [0.5, 0.6) is 0 Å². The van der Waals surface area contributed by atoms with Gasteiger partial charge in [-0.15, -0.1) is 0 Å². The highest BCUT2D eigenvalue weighted by molar-refractivity contribution is 5.86. The van der Waals surface area contributed by atoms with Crippen molar-refractivity contribution in [3.63, 3.8) is 0 Å². The number of carbonyl (C=O) groups is 3. The lowest BCUT2D eigenvalue weighted by Crippen LogP contribution is -2.47. The van der Waals surface area contributed by atoms with Crippen LogP contribution in [0.1, 0.15) is 19.8 Å². The minimum absolute atomic E-state index is 0.325. The number of hydrogen-bond donors (Lipinski definition) is 4. The van der Waals surface area contributed by atoms with Crippen molar-refractivity contribution >= 4 is 18.0 Å². The van der Waals surface area contributed by atoms with Crippen molar-refractivity contribution in [1.29, 1.82) is 0 Å². The molecule has 0 unspecified atom stereocenters. The number of rotatable bonds is 9. The van der Waals surface area contributed by atoms with E-state index < -0.39 is 30.4 Å². The molecular formula is C10H18N2O6. The summed E-state index contributed by atoms with van der Waals surface area (Å²) in [6.45, 7) is 3.26. The van der Waals surface area contributed by atoms with Gasteiger partial charge in [-0.05, 0) is 13.3 Å². The van der Waals surface area contributed by atoms with Crippen LogP contribution in [0.25, 0.3) is 0 Å². The quantitative estimate of drug-likeness (QED) is 0.420. The summed E-state index contributed by atoms with van der Waals surface area (Å²) in [7, 11) is 0. The van der Waals surface area contributed by atoms with Crippen LogP contribution in [-0.2, 0) is 14.3 Å². The smallest absolute Gasteiger partial charge is 0.326 e. The second kappa shape index (κ2) is 9.23. The van der Waals surface area contributed by atoms with E-state index in [0.29, 0.717) is 26.2 Å². The fourth-order valence-electron chi connectivity index (χ4n) is 1.10. The molecule has 0 aliphatic rings. The zero-order chi connectivity index (χ0) is 14.0. The summed E-state index contributed by atoms with van der Waals surface area (Å²) in [6.07, 6.45) is -0.0698. The van der Waals surface area contributed by atoms with E-state index in [0.717, 1.165) is 0 Å². The maximum atomic E-state index is 11.3. The normalized spacial score (nSPS) is 11.6. The van der Waals surface area contributed by atoms with Gasteiger partial charge >= 0.3 is 18.0 Å². The number of carboxylic acid groups (broad SMARTS) is 2. The molecule has 0 aromatic heterocycles. The molecule has 0 spiro atoms. The number of aliphatic carboxylic acids is 2. The van der Waals surface area contributed by atoms with Crippen LogP contribution >= 0.6 is 0 Å². The third-order valence-corrected chi connectivity index (χ3v) is 1.94. The van der Waals surface area contributed by atoms with Crippen molar-refractivity contribution < 1.29 is 29.3 Å². The maximum absolute atomic E-state index is 11.3. The van der Waals surface area contributed by atoms with Gasteiger partial charge in [-0.1, -0.05) is 0 Å². The van der Waals surface area contributed by atoms with Crippen LogP contribution in [0.15, 0.2) is 0 Å². The molecule has 0 bridgehead atoms. The molecule has 0 aromatic carbocycles. The van der Waals surface area contributed by atoms with Crippen LogP contribution in [0, 0.1) is 0 Å². The Morgan fingerprint density at radius 3 is 2.44 bits per heavy atom. The molecule has 104 valence electrons. The van der Waals surface area contributed by atoms with Gasteiger partial charge in [0.2, 0.25) is 0 Å². The van der Waals surface area contributed by atoms with Crippen molar-refractivity contribution in [1.82, 2.24) is 10.6 Å². The van der Waals surface area contributed by atoms with Gasteiger partial charge < -0.3 is 25.6 Å². The first-order chi connectivity index (χ1) is 8.47. The monoisotopic (exact) mass is 262 g/mol. The molecule has 18 heavy (non-hydrogen) atoms. The SMILES string of the molecule is CCOCCCNC(=O)N[C@H](CC(=O)O)C(=O)O. The third kappa shape index (κ3) is 8.34. The number of urea groups is 1. The Morgan fingerprint density at radius 1 is 1.28 bits per heavy atom. The number of ether oxygens (including phenoxy) is 1. The van der Waals surface area contributed by atoms with Gasteiger partial charge in [-0.2, -0.15) is 0 Å². The second-order valence-electron chi connectivity index (χ2n) is 3.44. The lowest BCUT2D eigenvalue weighted by Gasteiger charge is -2.13. The van der Waals surface area contributed by atoms with Gasteiger partial charge in [0.05, 0.1) is 6.42 Å². The molecular weight excluding hydrogens is 244 g/mol. The van der Waals surface area contributed by atoms with E-state index in [-0.39, 0.29) is 0 Å². The Bertz CT molecular complexity index is 294. The van der Waals surface area contributed by atoms with Gasteiger partial charge in [-0.25, -0.2) is 9.59 Å². The van der Waals surface area contributed by atoms with Crippen molar-refractivity contribution in [3.8, 4) is 0 Å². The summed E-state index contributed by atoms with van der Waals surface area (Å²) in [5.41, 5.74) is 0.